The summed E-state index contributed by atoms with van der Waals surface area (Å²) in [5.74, 6) is -0.0906. The number of fused-ring (bicyclic) bond motifs is 1. The second-order valence-electron chi connectivity index (χ2n) is 5.57. The summed E-state index contributed by atoms with van der Waals surface area (Å²) in [7, 11) is 0. The second-order valence-corrected chi connectivity index (χ2v) is 7.74. The molecular formula is C17H7Br2ClF2N4O2. The summed E-state index contributed by atoms with van der Waals surface area (Å²) in [5.41, 5.74) is -0.880. The Kier molecular flexibility index (Phi) is 5.02. The minimum Gasteiger partial charge on any atom is -0.401 e. The largest absolute Gasteiger partial charge is 0.401 e. The van der Waals surface area contributed by atoms with Crippen LogP contribution in [-0.2, 0) is 0 Å². The zero-order valence-electron chi connectivity index (χ0n) is 13.5. The van der Waals surface area contributed by atoms with Gasteiger partial charge in [0.1, 0.15) is 11.4 Å². The lowest BCUT2D eigenvalue weighted by Crippen LogP contribution is -2.07. The molecule has 0 saturated heterocycles. The van der Waals surface area contributed by atoms with Gasteiger partial charge in [-0.05, 0) is 46.3 Å². The fourth-order valence-electron chi connectivity index (χ4n) is 2.56. The zero-order valence-corrected chi connectivity index (χ0v) is 17.5. The number of pyridine rings is 1. The predicted octanol–water partition coefficient (Wildman–Crippen LogP) is 5.55. The Bertz CT molecular complexity index is 1280. The number of hydrogen-bond donors (Lipinski definition) is 0. The Labute approximate surface area is 177 Å². The highest BCUT2D eigenvalue weighted by molar-refractivity contribution is 9.11. The van der Waals surface area contributed by atoms with Crippen LogP contribution in [0.4, 0.5) is 8.78 Å². The van der Waals surface area contributed by atoms with Gasteiger partial charge in [0.05, 0.1) is 15.9 Å². The standard InChI is InChI=1S/C17H7Br2ClF2N4O2/c18-7-4-8-13(9(19)5-7)24-16(28-17(8)27)12-6-11(14(21)22)25-26(12)15-10(20)2-1-3-23-15/h1-6,14H. The van der Waals surface area contributed by atoms with Crippen molar-refractivity contribution in [2.75, 3.05) is 0 Å². The monoisotopic (exact) mass is 530 g/mol. The minimum absolute atomic E-state index is 0.0183. The van der Waals surface area contributed by atoms with E-state index in [1.165, 1.54) is 12.3 Å². The Hall–Kier alpha value is -2.17. The quantitative estimate of drug-likeness (QED) is 0.346. The van der Waals surface area contributed by atoms with Crippen LogP contribution in [0.15, 0.2) is 54.7 Å². The molecule has 3 aromatic heterocycles. The van der Waals surface area contributed by atoms with Crippen molar-refractivity contribution in [3.63, 3.8) is 0 Å². The van der Waals surface area contributed by atoms with Crippen molar-refractivity contribution in [3.8, 4) is 17.4 Å². The van der Waals surface area contributed by atoms with E-state index in [-0.39, 0.29) is 27.8 Å². The summed E-state index contributed by atoms with van der Waals surface area (Å²) in [6.45, 7) is 0. The molecule has 11 heteroatoms. The Morgan fingerprint density at radius 1 is 1.21 bits per heavy atom. The van der Waals surface area contributed by atoms with Crippen LogP contribution in [0.3, 0.4) is 0 Å². The van der Waals surface area contributed by atoms with Crippen LogP contribution in [0.25, 0.3) is 28.3 Å². The van der Waals surface area contributed by atoms with Gasteiger partial charge in [0.15, 0.2) is 5.82 Å². The molecule has 4 rings (SSSR count). The molecule has 0 aliphatic carbocycles. The first-order chi connectivity index (χ1) is 13.3. The SMILES string of the molecule is O=c1oc(-c2cc(C(F)F)nn2-c2ncccc2Cl)nc2c(Br)cc(Br)cc12. The molecule has 28 heavy (non-hydrogen) atoms. The Morgan fingerprint density at radius 2 is 2.00 bits per heavy atom. The van der Waals surface area contributed by atoms with Crippen molar-refractivity contribution in [1.82, 2.24) is 19.7 Å². The number of aromatic nitrogens is 4. The molecule has 0 N–H and O–H groups in total. The van der Waals surface area contributed by atoms with Crippen molar-refractivity contribution < 1.29 is 13.2 Å². The summed E-state index contributed by atoms with van der Waals surface area (Å²) < 4.78 is 34.1. The third-order valence-corrected chi connectivity index (χ3v) is 5.12. The van der Waals surface area contributed by atoms with Crippen LogP contribution in [0, 0.1) is 0 Å². The molecule has 0 atom stereocenters. The maximum atomic E-state index is 13.3. The highest BCUT2D eigenvalue weighted by Crippen LogP contribution is 2.31. The number of hydrogen-bond acceptors (Lipinski definition) is 5. The molecule has 0 fully saturated rings. The maximum Gasteiger partial charge on any atom is 0.347 e. The number of nitrogens with zero attached hydrogens (tertiary/aromatic N) is 4. The molecule has 0 aliphatic heterocycles. The van der Waals surface area contributed by atoms with E-state index in [1.807, 2.05) is 0 Å². The van der Waals surface area contributed by atoms with Crippen molar-refractivity contribution >= 4 is 54.4 Å². The molecule has 6 nitrogen and oxygen atoms in total. The lowest BCUT2D eigenvalue weighted by atomic mass is 10.2. The van der Waals surface area contributed by atoms with E-state index in [1.54, 1.807) is 18.2 Å². The third-order valence-electron chi connectivity index (χ3n) is 3.76. The first-order valence-electron chi connectivity index (χ1n) is 7.64. The number of halogens is 5. The molecule has 0 unspecified atom stereocenters. The maximum absolute atomic E-state index is 13.3. The fraction of sp³-hybridized carbons (Fsp3) is 0.0588. The number of alkyl halides is 2. The van der Waals surface area contributed by atoms with Crippen molar-refractivity contribution in [2.45, 2.75) is 6.43 Å². The van der Waals surface area contributed by atoms with Gasteiger partial charge < -0.3 is 4.42 Å². The van der Waals surface area contributed by atoms with Gasteiger partial charge in [-0.3, -0.25) is 0 Å². The lowest BCUT2D eigenvalue weighted by Gasteiger charge is -2.08. The summed E-state index contributed by atoms with van der Waals surface area (Å²) in [4.78, 5) is 20.9. The van der Waals surface area contributed by atoms with Crippen LogP contribution < -0.4 is 5.63 Å². The molecule has 0 bridgehead atoms. The van der Waals surface area contributed by atoms with Gasteiger partial charge >= 0.3 is 5.63 Å². The molecule has 0 spiro atoms. The van der Waals surface area contributed by atoms with Gasteiger partial charge in [-0.2, -0.15) is 5.10 Å². The molecule has 0 saturated carbocycles. The molecular weight excluding hydrogens is 525 g/mol. The Morgan fingerprint density at radius 3 is 2.71 bits per heavy atom. The van der Waals surface area contributed by atoms with Gasteiger partial charge in [0, 0.05) is 15.1 Å². The first kappa shape index (κ1) is 19.2. The summed E-state index contributed by atoms with van der Waals surface area (Å²) in [5, 5.41) is 4.27. The average molecular weight is 533 g/mol. The highest BCUT2D eigenvalue weighted by atomic mass is 79.9. The topological polar surface area (TPSA) is 73.8 Å². The third kappa shape index (κ3) is 3.36. The normalized spacial score (nSPS) is 11.5. The van der Waals surface area contributed by atoms with Crippen molar-refractivity contribution in [2.24, 2.45) is 0 Å². The van der Waals surface area contributed by atoms with Gasteiger partial charge in [-0.25, -0.2) is 28.2 Å². The molecule has 142 valence electrons. The van der Waals surface area contributed by atoms with Crippen LogP contribution in [0.2, 0.25) is 5.02 Å². The van der Waals surface area contributed by atoms with Gasteiger partial charge in [-0.1, -0.05) is 27.5 Å². The van der Waals surface area contributed by atoms with E-state index in [9.17, 15) is 13.6 Å². The van der Waals surface area contributed by atoms with Crippen molar-refractivity contribution in [3.05, 3.63) is 66.6 Å². The number of benzene rings is 1. The molecule has 1 aromatic carbocycles. The zero-order chi connectivity index (χ0) is 20.0. The Balaban J connectivity index is 2.02. The summed E-state index contributed by atoms with van der Waals surface area (Å²) in [6.07, 6.45) is -1.41. The van der Waals surface area contributed by atoms with E-state index in [0.29, 0.717) is 14.5 Å². The minimum atomic E-state index is -2.85. The van der Waals surface area contributed by atoms with Gasteiger partial charge in [-0.15, -0.1) is 0 Å². The number of rotatable bonds is 3. The summed E-state index contributed by atoms with van der Waals surface area (Å²) in [6, 6.07) is 7.47. The lowest BCUT2D eigenvalue weighted by molar-refractivity contribution is 0.145. The van der Waals surface area contributed by atoms with Crippen LogP contribution in [0.1, 0.15) is 12.1 Å². The molecule has 0 radical (unpaired) electrons. The first-order valence-corrected chi connectivity index (χ1v) is 9.61. The molecule has 4 aromatic rings. The second kappa shape index (κ2) is 7.34. The fourth-order valence-corrected chi connectivity index (χ4v) is 4.08. The van der Waals surface area contributed by atoms with Crippen LogP contribution in [0.5, 0.6) is 0 Å². The molecule has 0 aliphatic rings. The molecule has 0 amide bonds. The predicted molar refractivity (Wildman–Crippen MR) is 106 cm³/mol. The summed E-state index contributed by atoms with van der Waals surface area (Å²) >= 11 is 12.8. The smallest absolute Gasteiger partial charge is 0.347 e. The molecule has 3 heterocycles. The van der Waals surface area contributed by atoms with Gasteiger partial charge in [0.2, 0.25) is 5.89 Å². The van der Waals surface area contributed by atoms with E-state index in [0.717, 1.165) is 10.7 Å². The average Bonchev–Trinajstić information content (AvgIpc) is 3.08. The van der Waals surface area contributed by atoms with E-state index < -0.39 is 17.7 Å². The van der Waals surface area contributed by atoms with E-state index in [4.69, 9.17) is 16.0 Å². The van der Waals surface area contributed by atoms with Crippen molar-refractivity contribution in [1.29, 1.82) is 0 Å². The van der Waals surface area contributed by atoms with E-state index >= 15 is 0 Å². The van der Waals surface area contributed by atoms with Crippen LogP contribution in [-0.4, -0.2) is 19.7 Å². The highest BCUT2D eigenvalue weighted by Gasteiger charge is 2.23. The van der Waals surface area contributed by atoms with E-state index in [2.05, 4.69) is 46.9 Å². The van der Waals surface area contributed by atoms with Crippen LogP contribution >= 0.6 is 43.5 Å². The van der Waals surface area contributed by atoms with Gasteiger partial charge in [0.25, 0.3) is 6.43 Å².